The van der Waals surface area contributed by atoms with Crippen molar-refractivity contribution in [3.8, 4) is 11.8 Å². The minimum atomic E-state index is -1.28. The number of halogens is 2. The third-order valence-electron chi connectivity index (χ3n) is 6.80. The first-order valence-corrected chi connectivity index (χ1v) is 12.9. The molecule has 0 aliphatic carbocycles. The van der Waals surface area contributed by atoms with Gasteiger partial charge in [-0.05, 0) is 69.9 Å². The average molecular weight is 558 g/mol. The molecular weight excluding hydrogens is 529 g/mol. The number of amides is 2. The SMILES string of the molecule is CC(C)(C)OC(=O)N1CC(C(=O)N2CCC(C#N)(Cc3ccc(F)cc3)CC2)Oc2cc(C(=O)O)c(Cl)cc21. The fraction of sp³-hybridized carbons (Fsp3) is 0.429. The van der Waals surface area contributed by atoms with Crippen LogP contribution in [0.4, 0.5) is 14.9 Å². The van der Waals surface area contributed by atoms with Gasteiger partial charge in [-0.1, -0.05) is 23.7 Å². The van der Waals surface area contributed by atoms with Crippen LogP contribution < -0.4 is 9.64 Å². The number of carboxylic acids is 1. The topological polar surface area (TPSA) is 120 Å². The van der Waals surface area contributed by atoms with E-state index < -0.39 is 35.1 Å². The fourth-order valence-electron chi connectivity index (χ4n) is 4.77. The predicted octanol–water partition coefficient (Wildman–Crippen LogP) is 5.05. The molecule has 0 aromatic heterocycles. The fourth-order valence-corrected chi connectivity index (χ4v) is 5.00. The van der Waals surface area contributed by atoms with E-state index in [4.69, 9.17) is 21.1 Å². The standard InChI is InChI=1S/C28H29ClFN3O6/c1-27(2,3)39-26(37)33-15-23(38-22-12-19(25(35)36)20(29)13-21(22)33)24(34)32-10-8-28(16-31,9-11-32)14-17-4-6-18(30)7-5-17/h4-7,12-13,23H,8-11,14-15H2,1-3H3,(H,35,36). The summed E-state index contributed by atoms with van der Waals surface area (Å²) in [4.78, 5) is 41.1. The number of aromatic carboxylic acids is 1. The van der Waals surface area contributed by atoms with E-state index in [1.54, 1.807) is 37.8 Å². The van der Waals surface area contributed by atoms with Gasteiger partial charge < -0.3 is 19.5 Å². The van der Waals surface area contributed by atoms with E-state index in [-0.39, 0.29) is 47.5 Å². The minimum absolute atomic E-state index is 0.0203. The second-order valence-electron chi connectivity index (χ2n) is 10.8. The van der Waals surface area contributed by atoms with Crippen LogP contribution in [0.15, 0.2) is 36.4 Å². The molecule has 2 aromatic rings. The van der Waals surface area contributed by atoms with Crippen molar-refractivity contribution in [1.82, 2.24) is 4.90 Å². The maximum atomic E-state index is 13.6. The quantitative estimate of drug-likeness (QED) is 0.558. The van der Waals surface area contributed by atoms with Gasteiger partial charge in [0.2, 0.25) is 0 Å². The zero-order chi connectivity index (χ0) is 28.5. The maximum absolute atomic E-state index is 13.6. The summed E-state index contributed by atoms with van der Waals surface area (Å²) in [5.74, 6) is -2.01. The molecule has 206 valence electrons. The van der Waals surface area contributed by atoms with Crippen molar-refractivity contribution >= 4 is 35.3 Å². The lowest BCUT2D eigenvalue weighted by atomic mass is 9.75. The van der Waals surface area contributed by atoms with Crippen molar-refractivity contribution in [2.45, 2.75) is 51.7 Å². The zero-order valence-electron chi connectivity index (χ0n) is 21.9. The van der Waals surface area contributed by atoms with Crippen LogP contribution in [0, 0.1) is 22.6 Å². The Morgan fingerprint density at radius 1 is 1.21 bits per heavy atom. The Kier molecular flexibility index (Phi) is 7.75. The van der Waals surface area contributed by atoms with Crippen molar-refractivity contribution in [2.75, 3.05) is 24.5 Å². The Morgan fingerprint density at radius 2 is 1.85 bits per heavy atom. The highest BCUT2D eigenvalue weighted by atomic mass is 35.5. The van der Waals surface area contributed by atoms with Gasteiger partial charge in [0.25, 0.3) is 5.91 Å². The molecule has 1 saturated heterocycles. The summed E-state index contributed by atoms with van der Waals surface area (Å²) in [6.45, 7) is 5.52. The summed E-state index contributed by atoms with van der Waals surface area (Å²) < 4.78 is 24.7. The summed E-state index contributed by atoms with van der Waals surface area (Å²) in [5.41, 5.74) is -0.719. The van der Waals surface area contributed by atoms with Crippen LogP contribution in [-0.2, 0) is 16.0 Å². The van der Waals surface area contributed by atoms with Crippen LogP contribution in [0.2, 0.25) is 5.02 Å². The summed E-state index contributed by atoms with van der Waals surface area (Å²) in [5, 5.41) is 19.4. The molecular formula is C28H29ClFN3O6. The number of carboxylic acid groups (broad SMARTS) is 1. The number of piperidine rings is 1. The van der Waals surface area contributed by atoms with Crippen LogP contribution in [0.3, 0.4) is 0 Å². The van der Waals surface area contributed by atoms with Gasteiger partial charge in [-0.2, -0.15) is 5.26 Å². The molecule has 39 heavy (non-hydrogen) atoms. The monoisotopic (exact) mass is 557 g/mol. The molecule has 1 atom stereocenters. The molecule has 0 spiro atoms. The second-order valence-corrected chi connectivity index (χ2v) is 11.2. The summed E-state index contributed by atoms with van der Waals surface area (Å²) in [7, 11) is 0. The normalized spacial score (nSPS) is 18.4. The second kappa shape index (κ2) is 10.7. The summed E-state index contributed by atoms with van der Waals surface area (Å²) in [6.07, 6.45) is -0.607. The number of ether oxygens (including phenoxy) is 2. The molecule has 1 fully saturated rings. The summed E-state index contributed by atoms with van der Waals surface area (Å²) >= 11 is 6.15. The van der Waals surface area contributed by atoms with E-state index >= 15 is 0 Å². The number of carbonyl (C=O) groups excluding carboxylic acids is 2. The molecule has 0 saturated carbocycles. The average Bonchev–Trinajstić information content (AvgIpc) is 2.88. The molecule has 1 unspecified atom stereocenters. The van der Waals surface area contributed by atoms with Gasteiger partial charge in [-0.25, -0.2) is 14.0 Å². The van der Waals surface area contributed by atoms with E-state index in [0.29, 0.717) is 19.3 Å². The number of rotatable bonds is 4. The first-order valence-electron chi connectivity index (χ1n) is 12.5. The number of hydrogen-bond acceptors (Lipinski definition) is 6. The molecule has 0 radical (unpaired) electrons. The van der Waals surface area contributed by atoms with Gasteiger partial charge in [0.05, 0.1) is 34.3 Å². The minimum Gasteiger partial charge on any atom is -0.478 e. The molecule has 2 amide bonds. The molecule has 4 rings (SSSR count). The van der Waals surface area contributed by atoms with Gasteiger partial charge in [-0.15, -0.1) is 0 Å². The van der Waals surface area contributed by atoms with Crippen LogP contribution in [0.25, 0.3) is 0 Å². The Bertz CT molecular complexity index is 1330. The Labute approximate surface area is 230 Å². The Balaban J connectivity index is 1.54. The largest absolute Gasteiger partial charge is 0.478 e. The van der Waals surface area contributed by atoms with Crippen LogP contribution in [0.1, 0.15) is 49.5 Å². The number of benzene rings is 2. The number of fused-ring (bicyclic) bond motifs is 1. The molecule has 2 aliphatic heterocycles. The number of carbonyl (C=O) groups is 3. The van der Waals surface area contributed by atoms with Crippen molar-refractivity contribution in [1.29, 1.82) is 5.26 Å². The van der Waals surface area contributed by atoms with Crippen LogP contribution in [-0.4, -0.2) is 59.3 Å². The van der Waals surface area contributed by atoms with Crippen molar-refractivity contribution in [3.63, 3.8) is 0 Å². The number of nitriles is 1. The third kappa shape index (κ3) is 6.25. The molecule has 2 heterocycles. The van der Waals surface area contributed by atoms with E-state index in [1.807, 2.05) is 0 Å². The molecule has 0 bridgehead atoms. The lowest BCUT2D eigenvalue weighted by Crippen LogP contribution is -2.54. The third-order valence-corrected chi connectivity index (χ3v) is 7.11. The first-order chi connectivity index (χ1) is 18.3. The van der Waals surface area contributed by atoms with E-state index in [9.17, 15) is 29.1 Å². The number of nitrogens with zero attached hydrogens (tertiary/aromatic N) is 3. The predicted molar refractivity (Wildman–Crippen MR) is 140 cm³/mol. The smallest absolute Gasteiger partial charge is 0.415 e. The number of hydrogen-bond donors (Lipinski definition) is 1. The highest BCUT2D eigenvalue weighted by Gasteiger charge is 2.42. The van der Waals surface area contributed by atoms with Gasteiger partial charge in [-0.3, -0.25) is 9.69 Å². The van der Waals surface area contributed by atoms with Crippen LogP contribution >= 0.6 is 11.6 Å². The maximum Gasteiger partial charge on any atom is 0.415 e. The van der Waals surface area contributed by atoms with Gasteiger partial charge in [0.1, 0.15) is 17.2 Å². The van der Waals surface area contributed by atoms with Gasteiger partial charge in [0.15, 0.2) is 6.10 Å². The number of likely N-dealkylation sites (tertiary alicyclic amines) is 1. The number of anilines is 1. The van der Waals surface area contributed by atoms with Gasteiger partial charge >= 0.3 is 12.1 Å². The molecule has 11 heteroatoms. The highest BCUT2D eigenvalue weighted by Crippen LogP contribution is 2.40. The van der Waals surface area contributed by atoms with Crippen molar-refractivity contribution in [3.05, 3.63) is 58.4 Å². The lowest BCUT2D eigenvalue weighted by Gasteiger charge is -2.41. The lowest BCUT2D eigenvalue weighted by molar-refractivity contribution is -0.140. The summed E-state index contributed by atoms with van der Waals surface area (Å²) in [6, 6.07) is 10.9. The van der Waals surface area contributed by atoms with Crippen molar-refractivity contribution < 1.29 is 33.4 Å². The van der Waals surface area contributed by atoms with Crippen molar-refractivity contribution in [2.24, 2.45) is 5.41 Å². The Morgan fingerprint density at radius 3 is 2.41 bits per heavy atom. The molecule has 2 aliphatic rings. The molecule has 2 aromatic carbocycles. The van der Waals surface area contributed by atoms with Gasteiger partial charge in [0, 0.05) is 13.1 Å². The Hall–Kier alpha value is -3.84. The first kappa shape index (κ1) is 28.2. The zero-order valence-corrected chi connectivity index (χ0v) is 22.6. The van der Waals surface area contributed by atoms with E-state index in [2.05, 4.69) is 6.07 Å². The van der Waals surface area contributed by atoms with E-state index in [1.165, 1.54) is 29.2 Å². The van der Waals surface area contributed by atoms with Crippen LogP contribution in [0.5, 0.6) is 5.75 Å². The highest BCUT2D eigenvalue weighted by molar-refractivity contribution is 6.34. The van der Waals surface area contributed by atoms with E-state index in [0.717, 1.165) is 5.56 Å². The molecule has 9 nitrogen and oxygen atoms in total. The molecule has 1 N–H and O–H groups in total.